The van der Waals surface area contributed by atoms with E-state index in [1.54, 1.807) is 0 Å². The van der Waals surface area contributed by atoms with Gasteiger partial charge >= 0.3 is 0 Å². The third kappa shape index (κ3) is 18.4. The Morgan fingerprint density at radius 2 is 0.577 bits per heavy atom. The number of anilines is 6. The van der Waals surface area contributed by atoms with Gasteiger partial charge in [0.15, 0.2) is 11.5 Å². The highest BCUT2D eigenvalue weighted by Crippen LogP contribution is 2.44. The van der Waals surface area contributed by atoms with E-state index in [1.165, 1.54) is 65.5 Å². The van der Waals surface area contributed by atoms with Crippen molar-refractivity contribution < 1.29 is 4.74 Å². The first-order valence-corrected chi connectivity index (χ1v) is 27.2. The van der Waals surface area contributed by atoms with Crippen molar-refractivity contribution >= 4 is 67.7 Å². The zero-order chi connectivity index (χ0) is 52.8. The zero-order valence-corrected chi connectivity index (χ0v) is 46.8. The van der Waals surface area contributed by atoms with Gasteiger partial charge in [-0.3, -0.25) is 0 Å². The van der Waals surface area contributed by atoms with Crippen molar-refractivity contribution in [2.45, 2.75) is 127 Å². The maximum absolute atomic E-state index is 5.71. The Bertz CT molecular complexity index is 2230. The van der Waals surface area contributed by atoms with Crippen molar-refractivity contribution in [3.8, 4) is 11.5 Å². The van der Waals surface area contributed by atoms with Crippen LogP contribution < -0.4 is 20.7 Å². The average Bonchev–Trinajstić information content (AvgIpc) is 3.87. The summed E-state index contributed by atoms with van der Waals surface area (Å²) in [5.74, 6) is 1.76. The SMILES string of the molecule is CC.CC.CC.CC.CC.CC.CC.CC.c1ccc2c(c1)Cc1ccccc1N2.c1ccc2c(c1)Nc1ccccc1O2.c1ccc2c(c1)Nc1ccccc1S2.c1ccc2c(c1)[nH]c1ccccc12. The molecule has 0 saturated heterocycles. The maximum atomic E-state index is 5.71. The first kappa shape index (κ1) is 62.1. The van der Waals surface area contributed by atoms with E-state index in [9.17, 15) is 0 Å². The molecule has 378 valence electrons. The number of para-hydroxylation sites is 10. The van der Waals surface area contributed by atoms with Crippen LogP contribution in [0.5, 0.6) is 11.5 Å². The summed E-state index contributed by atoms with van der Waals surface area (Å²) in [5.41, 5.74) is 12.1. The summed E-state index contributed by atoms with van der Waals surface area (Å²) in [4.78, 5) is 5.97. The highest BCUT2D eigenvalue weighted by Gasteiger charge is 2.15. The minimum absolute atomic E-state index is 0.881. The Labute approximate surface area is 434 Å². The molecule has 71 heavy (non-hydrogen) atoms. The summed E-state index contributed by atoms with van der Waals surface area (Å²) in [5, 5.41) is 12.8. The molecule has 0 aliphatic carbocycles. The standard InChI is InChI=1S/C13H11N.C12H9NO.C12H9NS.C12H9N.8C2H6/c1-3-7-12-10(5-1)9-11-6-2-4-8-13(11)14-12;2*1-3-7-11-9(5-1)13-10-6-2-4-8-12(10)14-11;1-3-7-11-9(5-1)10-6-2-4-8-12(10)13-11;8*1-2/h1-8,14H,9H2;2*1-8,13H;1-8,13H;8*1-2H3. The molecule has 1 aromatic heterocycles. The van der Waals surface area contributed by atoms with Crippen LogP contribution in [0.2, 0.25) is 0 Å². The number of H-pyrrole nitrogens is 1. The van der Waals surface area contributed by atoms with Gasteiger partial charge in [-0.1, -0.05) is 244 Å². The van der Waals surface area contributed by atoms with E-state index in [2.05, 4.69) is 167 Å². The number of aromatic amines is 1. The Kier molecular flexibility index (Phi) is 33.2. The van der Waals surface area contributed by atoms with Crippen LogP contribution in [-0.2, 0) is 6.42 Å². The van der Waals surface area contributed by atoms with E-state index in [0.29, 0.717) is 0 Å². The molecule has 0 atom stereocenters. The molecule has 0 saturated carbocycles. The molecule has 0 bridgehead atoms. The monoisotopic (exact) mass is 971 g/mol. The van der Waals surface area contributed by atoms with Crippen LogP contribution in [-0.4, -0.2) is 4.98 Å². The minimum Gasteiger partial charge on any atom is -0.453 e. The fraction of sp³-hybridized carbons (Fsp3) is 0.262. The Morgan fingerprint density at radius 3 is 0.986 bits per heavy atom. The van der Waals surface area contributed by atoms with E-state index in [-0.39, 0.29) is 0 Å². The van der Waals surface area contributed by atoms with Crippen molar-refractivity contribution in [3.05, 3.63) is 205 Å². The number of hydrogen-bond acceptors (Lipinski definition) is 5. The number of ether oxygens (including phenoxy) is 1. The quantitative estimate of drug-likeness (QED) is 0.122. The molecule has 12 rings (SSSR count). The summed E-state index contributed by atoms with van der Waals surface area (Å²) >= 11 is 1.82. The lowest BCUT2D eigenvalue weighted by molar-refractivity contribution is 0.481. The van der Waals surface area contributed by atoms with Gasteiger partial charge in [-0.25, -0.2) is 0 Å². The van der Waals surface area contributed by atoms with Crippen LogP contribution in [0.15, 0.2) is 204 Å². The third-order valence-corrected chi connectivity index (χ3v) is 10.8. The first-order valence-electron chi connectivity index (χ1n) is 26.4. The predicted molar refractivity (Wildman–Crippen MR) is 322 cm³/mol. The predicted octanol–water partition coefficient (Wildman–Crippen LogP) is 22.3. The lowest BCUT2D eigenvalue weighted by atomic mass is 9.98. The van der Waals surface area contributed by atoms with Crippen molar-refractivity contribution in [3.63, 3.8) is 0 Å². The number of rotatable bonds is 0. The molecule has 4 heterocycles. The van der Waals surface area contributed by atoms with Gasteiger partial charge in [0.1, 0.15) is 0 Å². The molecule has 5 nitrogen and oxygen atoms in total. The van der Waals surface area contributed by atoms with Crippen LogP contribution in [0.1, 0.15) is 122 Å². The first-order chi connectivity index (χ1) is 35.2. The topological polar surface area (TPSA) is 61.1 Å². The second-order valence-corrected chi connectivity index (χ2v) is 14.4. The van der Waals surface area contributed by atoms with Gasteiger partial charge in [-0.15, -0.1) is 0 Å². The van der Waals surface area contributed by atoms with E-state index in [1.807, 2.05) is 171 Å². The molecular formula is C65H86N4OS. The molecule has 0 fully saturated rings. The fourth-order valence-corrected chi connectivity index (χ4v) is 7.89. The van der Waals surface area contributed by atoms with Crippen LogP contribution >= 0.6 is 11.8 Å². The second-order valence-electron chi connectivity index (χ2n) is 13.3. The summed E-state index contributed by atoms with van der Waals surface area (Å²) in [6, 6.07) is 66.3. The van der Waals surface area contributed by atoms with E-state index < -0.39 is 0 Å². The van der Waals surface area contributed by atoms with Crippen LogP contribution in [0, 0.1) is 0 Å². The van der Waals surface area contributed by atoms with Crippen molar-refractivity contribution in [2.24, 2.45) is 0 Å². The van der Waals surface area contributed by atoms with E-state index in [4.69, 9.17) is 4.74 Å². The van der Waals surface area contributed by atoms with Gasteiger partial charge in [0.2, 0.25) is 0 Å². The summed E-state index contributed by atoms with van der Waals surface area (Å²) in [6.45, 7) is 32.0. The van der Waals surface area contributed by atoms with E-state index in [0.717, 1.165) is 29.3 Å². The number of fused-ring (bicyclic) bond motifs is 9. The lowest BCUT2D eigenvalue weighted by Gasteiger charge is -2.20. The van der Waals surface area contributed by atoms with Crippen molar-refractivity contribution in [1.82, 2.24) is 4.98 Å². The number of hydrogen-bond donors (Lipinski definition) is 4. The Morgan fingerprint density at radius 1 is 0.296 bits per heavy atom. The summed E-state index contributed by atoms with van der Waals surface area (Å²) < 4.78 is 5.71. The smallest absolute Gasteiger partial charge is 0.150 e. The second kappa shape index (κ2) is 37.9. The van der Waals surface area contributed by atoms with Gasteiger partial charge in [0, 0.05) is 49.4 Å². The average molecular weight is 971 g/mol. The molecule has 8 aromatic carbocycles. The van der Waals surface area contributed by atoms with Crippen molar-refractivity contribution in [2.75, 3.05) is 16.0 Å². The maximum Gasteiger partial charge on any atom is 0.150 e. The summed E-state index contributed by atoms with van der Waals surface area (Å²) in [6.07, 6.45) is 1.04. The van der Waals surface area contributed by atoms with Crippen LogP contribution in [0.3, 0.4) is 0 Å². The Hall–Kier alpha value is -6.89. The molecule has 0 unspecified atom stereocenters. The molecular weight excluding hydrogens is 885 g/mol. The Balaban J connectivity index is 0.000000432. The van der Waals surface area contributed by atoms with E-state index >= 15 is 0 Å². The largest absolute Gasteiger partial charge is 0.453 e. The minimum atomic E-state index is 0.881. The molecule has 0 spiro atoms. The fourth-order valence-electron chi connectivity index (χ4n) is 6.90. The molecule has 0 amide bonds. The third-order valence-electron chi connectivity index (χ3n) is 9.63. The highest BCUT2D eigenvalue weighted by molar-refractivity contribution is 7.99. The van der Waals surface area contributed by atoms with Gasteiger partial charge in [0.05, 0.1) is 22.7 Å². The summed E-state index contributed by atoms with van der Waals surface area (Å²) in [7, 11) is 0. The molecule has 3 aliphatic rings. The molecule has 4 N–H and O–H groups in total. The van der Waals surface area contributed by atoms with Gasteiger partial charge in [-0.2, -0.15) is 0 Å². The number of aromatic nitrogens is 1. The molecule has 9 aromatic rings. The van der Waals surface area contributed by atoms with Gasteiger partial charge in [-0.05, 0) is 83.9 Å². The van der Waals surface area contributed by atoms with Crippen molar-refractivity contribution in [1.29, 1.82) is 0 Å². The highest BCUT2D eigenvalue weighted by atomic mass is 32.2. The number of benzene rings is 8. The normalized spacial score (nSPS) is 10.0. The lowest BCUT2D eigenvalue weighted by Crippen LogP contribution is -2.05. The number of nitrogens with one attached hydrogen (secondary N) is 4. The molecule has 6 heteroatoms. The van der Waals surface area contributed by atoms with Gasteiger partial charge < -0.3 is 25.7 Å². The molecule has 3 aliphatic heterocycles. The molecule has 0 radical (unpaired) electrons. The van der Waals surface area contributed by atoms with Crippen LogP contribution in [0.25, 0.3) is 21.8 Å². The van der Waals surface area contributed by atoms with Crippen LogP contribution in [0.4, 0.5) is 34.1 Å². The zero-order valence-electron chi connectivity index (χ0n) is 46.0. The van der Waals surface area contributed by atoms with Gasteiger partial charge in [0.25, 0.3) is 0 Å².